The standard InChI is InChI=1S/C20H15N3O6/c1-11(17-8-12-4-2-3-5-16(12)29-17)21-18(24)10-22-19(25)14-7-6-13(23(27)28)9-15(14)20(22)26/h2-9,11H,10H2,1H3,(H,21,24)/t11-/m1/s1. The van der Waals surface area contributed by atoms with Crippen LogP contribution in [0, 0.1) is 10.1 Å². The number of hydrogen-bond acceptors (Lipinski definition) is 6. The fraction of sp³-hybridized carbons (Fsp3) is 0.150. The Morgan fingerprint density at radius 3 is 2.59 bits per heavy atom. The quantitative estimate of drug-likeness (QED) is 0.404. The number of hydrogen-bond donors (Lipinski definition) is 1. The predicted octanol–water partition coefficient (Wildman–Crippen LogP) is 2.81. The van der Waals surface area contributed by atoms with Crippen molar-refractivity contribution in [2.24, 2.45) is 0 Å². The summed E-state index contributed by atoms with van der Waals surface area (Å²) in [7, 11) is 0. The molecule has 9 nitrogen and oxygen atoms in total. The van der Waals surface area contributed by atoms with Crippen molar-refractivity contribution in [3.8, 4) is 0 Å². The summed E-state index contributed by atoms with van der Waals surface area (Å²) >= 11 is 0. The van der Waals surface area contributed by atoms with Gasteiger partial charge in [-0.05, 0) is 25.1 Å². The first-order valence-corrected chi connectivity index (χ1v) is 8.77. The van der Waals surface area contributed by atoms with Gasteiger partial charge in [0.1, 0.15) is 17.9 Å². The number of non-ortho nitro benzene ring substituents is 1. The van der Waals surface area contributed by atoms with Gasteiger partial charge in [0.05, 0.1) is 22.1 Å². The van der Waals surface area contributed by atoms with Crippen LogP contribution in [0.3, 0.4) is 0 Å². The molecule has 1 atom stereocenters. The second-order valence-electron chi connectivity index (χ2n) is 6.66. The summed E-state index contributed by atoms with van der Waals surface area (Å²) in [5, 5.41) is 14.5. The fourth-order valence-electron chi connectivity index (χ4n) is 3.25. The number of para-hydroxylation sites is 1. The minimum atomic E-state index is -0.736. The minimum absolute atomic E-state index is 0.0405. The molecule has 3 aromatic rings. The molecule has 3 amide bonds. The van der Waals surface area contributed by atoms with Gasteiger partial charge in [-0.2, -0.15) is 0 Å². The van der Waals surface area contributed by atoms with E-state index in [-0.39, 0.29) is 16.8 Å². The van der Waals surface area contributed by atoms with Crippen LogP contribution in [0.15, 0.2) is 52.9 Å². The van der Waals surface area contributed by atoms with Crippen LogP contribution in [-0.2, 0) is 4.79 Å². The number of nitrogens with zero attached hydrogens (tertiary/aromatic N) is 2. The van der Waals surface area contributed by atoms with Gasteiger partial charge in [-0.1, -0.05) is 18.2 Å². The van der Waals surface area contributed by atoms with Crippen LogP contribution in [-0.4, -0.2) is 34.1 Å². The molecule has 0 saturated carbocycles. The molecule has 4 rings (SSSR count). The van der Waals surface area contributed by atoms with E-state index in [4.69, 9.17) is 4.42 Å². The predicted molar refractivity (Wildman–Crippen MR) is 101 cm³/mol. The number of nitrogens with one attached hydrogen (secondary N) is 1. The van der Waals surface area contributed by atoms with E-state index in [1.807, 2.05) is 24.3 Å². The maximum absolute atomic E-state index is 12.5. The average Bonchev–Trinajstić information content (AvgIpc) is 3.23. The van der Waals surface area contributed by atoms with Crippen molar-refractivity contribution < 1.29 is 23.7 Å². The highest BCUT2D eigenvalue weighted by molar-refractivity contribution is 6.22. The molecule has 1 N–H and O–H groups in total. The van der Waals surface area contributed by atoms with E-state index in [1.54, 1.807) is 13.0 Å². The summed E-state index contributed by atoms with van der Waals surface area (Å²) in [4.78, 5) is 48.3. The van der Waals surface area contributed by atoms with E-state index in [2.05, 4.69) is 5.32 Å². The van der Waals surface area contributed by atoms with E-state index < -0.39 is 35.2 Å². The lowest BCUT2D eigenvalue weighted by molar-refractivity contribution is -0.384. The number of benzene rings is 2. The molecule has 9 heteroatoms. The number of fused-ring (bicyclic) bond motifs is 2. The summed E-state index contributed by atoms with van der Waals surface area (Å²) in [5.74, 6) is -1.41. The minimum Gasteiger partial charge on any atom is -0.459 e. The van der Waals surface area contributed by atoms with E-state index in [1.165, 1.54) is 6.07 Å². The molecule has 0 fully saturated rings. The van der Waals surface area contributed by atoms with Crippen molar-refractivity contribution in [2.45, 2.75) is 13.0 Å². The third-order valence-electron chi connectivity index (χ3n) is 4.72. The molecule has 1 aromatic heterocycles. The maximum atomic E-state index is 12.5. The van der Waals surface area contributed by atoms with Crippen molar-refractivity contribution in [1.29, 1.82) is 0 Å². The molecule has 0 saturated heterocycles. The molecule has 1 aliphatic rings. The molecule has 0 aliphatic carbocycles. The van der Waals surface area contributed by atoms with Crippen molar-refractivity contribution in [3.05, 3.63) is 75.5 Å². The van der Waals surface area contributed by atoms with Crippen LogP contribution >= 0.6 is 0 Å². The molecular formula is C20H15N3O6. The van der Waals surface area contributed by atoms with Gasteiger partial charge in [-0.15, -0.1) is 0 Å². The van der Waals surface area contributed by atoms with Crippen LogP contribution in [0.25, 0.3) is 11.0 Å². The zero-order chi connectivity index (χ0) is 20.7. The molecule has 0 unspecified atom stereocenters. The van der Waals surface area contributed by atoms with E-state index in [0.29, 0.717) is 11.3 Å². The first-order chi connectivity index (χ1) is 13.8. The highest BCUT2D eigenvalue weighted by Gasteiger charge is 2.38. The molecule has 0 bridgehead atoms. The number of nitro benzene ring substituents is 1. The molecule has 146 valence electrons. The van der Waals surface area contributed by atoms with Crippen LogP contribution in [0.1, 0.15) is 39.4 Å². The lowest BCUT2D eigenvalue weighted by atomic mass is 10.1. The maximum Gasteiger partial charge on any atom is 0.270 e. The van der Waals surface area contributed by atoms with Crippen LogP contribution < -0.4 is 5.32 Å². The Hall–Kier alpha value is -4.01. The SMILES string of the molecule is C[C@@H](NC(=O)CN1C(=O)c2ccc([N+](=O)[O-])cc2C1=O)c1cc2ccccc2o1. The lowest BCUT2D eigenvalue weighted by Crippen LogP contribution is -2.41. The Balaban J connectivity index is 1.47. The van der Waals surface area contributed by atoms with Crippen LogP contribution in [0.5, 0.6) is 0 Å². The van der Waals surface area contributed by atoms with Crippen molar-refractivity contribution in [1.82, 2.24) is 10.2 Å². The Labute approximate surface area is 164 Å². The van der Waals surface area contributed by atoms with Gasteiger partial charge in [-0.25, -0.2) is 0 Å². The lowest BCUT2D eigenvalue weighted by Gasteiger charge is -2.16. The molecule has 0 radical (unpaired) electrons. The Morgan fingerprint density at radius 1 is 1.14 bits per heavy atom. The molecule has 2 heterocycles. The van der Waals surface area contributed by atoms with Crippen molar-refractivity contribution in [2.75, 3.05) is 6.54 Å². The average molecular weight is 393 g/mol. The molecule has 0 spiro atoms. The number of carbonyl (C=O) groups excluding carboxylic acids is 3. The van der Waals surface area contributed by atoms with E-state index in [9.17, 15) is 24.5 Å². The molecular weight excluding hydrogens is 378 g/mol. The first kappa shape index (κ1) is 18.4. The topological polar surface area (TPSA) is 123 Å². The van der Waals surface area contributed by atoms with Crippen LogP contribution in [0.4, 0.5) is 5.69 Å². The number of amides is 3. The van der Waals surface area contributed by atoms with Gasteiger partial charge in [0.25, 0.3) is 17.5 Å². The fourth-order valence-corrected chi connectivity index (χ4v) is 3.25. The first-order valence-electron chi connectivity index (χ1n) is 8.77. The van der Waals surface area contributed by atoms with Gasteiger partial charge in [0, 0.05) is 17.5 Å². The van der Waals surface area contributed by atoms with Gasteiger partial charge in [-0.3, -0.25) is 29.4 Å². The number of imide groups is 1. The normalized spacial score (nSPS) is 14.2. The largest absolute Gasteiger partial charge is 0.459 e. The zero-order valence-corrected chi connectivity index (χ0v) is 15.2. The summed E-state index contributed by atoms with van der Waals surface area (Å²) in [6.45, 7) is 1.23. The zero-order valence-electron chi connectivity index (χ0n) is 15.2. The third kappa shape index (κ3) is 3.22. The second-order valence-corrected chi connectivity index (χ2v) is 6.66. The summed E-state index contributed by atoms with van der Waals surface area (Å²) in [6, 6.07) is 12.2. The third-order valence-corrected chi connectivity index (χ3v) is 4.72. The highest BCUT2D eigenvalue weighted by Crippen LogP contribution is 2.27. The smallest absolute Gasteiger partial charge is 0.270 e. The van der Waals surface area contributed by atoms with E-state index in [0.717, 1.165) is 22.4 Å². The van der Waals surface area contributed by atoms with Gasteiger partial charge < -0.3 is 9.73 Å². The number of nitro groups is 1. The van der Waals surface area contributed by atoms with Crippen molar-refractivity contribution in [3.63, 3.8) is 0 Å². The molecule has 2 aromatic carbocycles. The molecule has 1 aliphatic heterocycles. The Morgan fingerprint density at radius 2 is 1.86 bits per heavy atom. The van der Waals surface area contributed by atoms with Crippen LogP contribution in [0.2, 0.25) is 0 Å². The monoisotopic (exact) mass is 393 g/mol. The Kier molecular flexibility index (Phi) is 4.34. The highest BCUT2D eigenvalue weighted by atomic mass is 16.6. The van der Waals surface area contributed by atoms with Gasteiger partial charge >= 0.3 is 0 Å². The number of carbonyl (C=O) groups is 3. The number of furan rings is 1. The summed E-state index contributed by atoms with van der Waals surface area (Å²) < 4.78 is 5.70. The van der Waals surface area contributed by atoms with E-state index >= 15 is 0 Å². The number of rotatable bonds is 5. The van der Waals surface area contributed by atoms with Gasteiger partial charge in [0.15, 0.2) is 0 Å². The second kappa shape index (κ2) is 6.86. The summed E-state index contributed by atoms with van der Waals surface area (Å²) in [5.41, 5.74) is 0.348. The van der Waals surface area contributed by atoms with Gasteiger partial charge in [0.2, 0.25) is 5.91 Å². The Bertz CT molecular complexity index is 1150. The van der Waals surface area contributed by atoms with Crippen molar-refractivity contribution >= 4 is 34.4 Å². The summed E-state index contributed by atoms with van der Waals surface area (Å²) in [6.07, 6.45) is 0. The molecule has 29 heavy (non-hydrogen) atoms.